The zero-order valence-corrected chi connectivity index (χ0v) is 16.4. The van der Waals surface area contributed by atoms with Crippen LogP contribution in [0.15, 0.2) is 60.8 Å². The van der Waals surface area contributed by atoms with Crippen LogP contribution in [0.5, 0.6) is 11.5 Å². The average Bonchev–Trinajstić information content (AvgIpc) is 3.14. The molecule has 6 heteroatoms. The smallest absolute Gasteiger partial charge is 0.395 e. The van der Waals surface area contributed by atoms with Crippen LogP contribution in [0.3, 0.4) is 0 Å². The van der Waals surface area contributed by atoms with Gasteiger partial charge in [-0.3, -0.25) is 0 Å². The number of H-pyrrole nitrogens is 1. The van der Waals surface area contributed by atoms with Gasteiger partial charge < -0.3 is 15.0 Å². The molecule has 1 aliphatic carbocycles. The van der Waals surface area contributed by atoms with Crippen molar-refractivity contribution in [1.29, 1.82) is 0 Å². The van der Waals surface area contributed by atoms with E-state index < -0.39 is 12.1 Å². The van der Waals surface area contributed by atoms with Gasteiger partial charge in [0.1, 0.15) is 11.5 Å². The molecule has 1 heterocycles. The van der Waals surface area contributed by atoms with Gasteiger partial charge >= 0.3 is 6.18 Å². The molecule has 0 aliphatic heterocycles. The van der Waals surface area contributed by atoms with E-state index in [9.17, 15) is 13.2 Å². The Hall–Kier alpha value is -2.99. The van der Waals surface area contributed by atoms with Crippen molar-refractivity contribution in [1.82, 2.24) is 10.3 Å². The summed E-state index contributed by atoms with van der Waals surface area (Å²) in [4.78, 5) is 2.99. The van der Waals surface area contributed by atoms with Crippen molar-refractivity contribution in [2.45, 2.75) is 25.6 Å². The summed E-state index contributed by atoms with van der Waals surface area (Å²) in [7, 11) is 0. The number of alkyl halides is 3. The first-order chi connectivity index (χ1) is 14.5. The van der Waals surface area contributed by atoms with Gasteiger partial charge in [0.25, 0.3) is 0 Å². The van der Waals surface area contributed by atoms with Gasteiger partial charge in [0, 0.05) is 18.1 Å². The Morgan fingerprint density at radius 2 is 1.83 bits per heavy atom. The Kier molecular flexibility index (Phi) is 5.95. The van der Waals surface area contributed by atoms with Gasteiger partial charge in [0.05, 0.1) is 5.92 Å². The van der Waals surface area contributed by atoms with Gasteiger partial charge in [0.15, 0.2) is 0 Å². The second-order valence-electron chi connectivity index (χ2n) is 7.39. The molecule has 1 unspecified atom stereocenters. The van der Waals surface area contributed by atoms with Gasteiger partial charge in [-0.2, -0.15) is 13.2 Å². The first-order valence-corrected chi connectivity index (χ1v) is 9.96. The number of hydrogen-bond donors (Lipinski definition) is 2. The molecule has 2 N–H and O–H groups in total. The highest BCUT2D eigenvalue weighted by Crippen LogP contribution is 2.31. The molecule has 30 heavy (non-hydrogen) atoms. The number of aromatic nitrogens is 1. The minimum absolute atomic E-state index is 0.00296. The fourth-order valence-electron chi connectivity index (χ4n) is 3.62. The molecule has 2 aromatic carbocycles. The molecule has 3 aromatic rings. The average molecular weight is 412 g/mol. The van der Waals surface area contributed by atoms with Crippen molar-refractivity contribution >= 4 is 12.2 Å². The summed E-state index contributed by atoms with van der Waals surface area (Å²) in [5, 5.41) is 4.87. The number of ether oxygens (including phenoxy) is 1. The van der Waals surface area contributed by atoms with E-state index in [-0.39, 0.29) is 6.42 Å². The Balaban J connectivity index is 1.32. The van der Waals surface area contributed by atoms with Crippen molar-refractivity contribution in [3.05, 3.63) is 82.5 Å². The second kappa shape index (κ2) is 8.79. The predicted octanol–water partition coefficient (Wildman–Crippen LogP) is 4.28. The Bertz CT molecular complexity index is 1100. The van der Waals surface area contributed by atoms with E-state index in [2.05, 4.69) is 10.3 Å². The summed E-state index contributed by atoms with van der Waals surface area (Å²) in [5.74, 6) is 0.172. The van der Waals surface area contributed by atoms with E-state index in [1.807, 2.05) is 60.8 Å². The maximum Gasteiger partial charge on any atom is 0.395 e. The number of benzene rings is 2. The summed E-state index contributed by atoms with van der Waals surface area (Å²) in [6.07, 6.45) is 1.36. The van der Waals surface area contributed by atoms with E-state index in [1.165, 1.54) is 6.08 Å². The highest BCUT2D eigenvalue weighted by Gasteiger charge is 2.37. The summed E-state index contributed by atoms with van der Waals surface area (Å²) in [5.41, 5.74) is 2.14. The lowest BCUT2D eigenvalue weighted by Crippen LogP contribution is -2.34. The molecular formula is C24H23F3N2O. The predicted molar refractivity (Wildman–Crippen MR) is 112 cm³/mol. The minimum Gasteiger partial charge on any atom is -0.457 e. The zero-order valence-electron chi connectivity index (χ0n) is 16.4. The first kappa shape index (κ1) is 20.3. The molecule has 1 aromatic heterocycles. The number of fused-ring (bicyclic) bond motifs is 1. The van der Waals surface area contributed by atoms with Crippen molar-refractivity contribution in [3.8, 4) is 11.5 Å². The van der Waals surface area contributed by atoms with Crippen LogP contribution >= 0.6 is 0 Å². The van der Waals surface area contributed by atoms with Crippen molar-refractivity contribution in [2.24, 2.45) is 5.92 Å². The molecule has 1 aliphatic rings. The lowest BCUT2D eigenvalue weighted by Gasteiger charge is -2.16. The van der Waals surface area contributed by atoms with Gasteiger partial charge in [0.2, 0.25) is 0 Å². The summed E-state index contributed by atoms with van der Waals surface area (Å²) in [6, 6.07) is 17.5. The SMILES string of the molecule is FC(F)(F)C1C=c2[nH]cc(CCNCc3cccc(Oc4ccccc4)c3)c2=CC1. The number of halogens is 3. The maximum atomic E-state index is 12.9. The van der Waals surface area contributed by atoms with Gasteiger partial charge in [-0.1, -0.05) is 36.4 Å². The summed E-state index contributed by atoms with van der Waals surface area (Å²) < 4.78 is 44.6. The van der Waals surface area contributed by atoms with E-state index in [0.29, 0.717) is 11.9 Å². The topological polar surface area (TPSA) is 37.0 Å². The van der Waals surface area contributed by atoms with E-state index in [4.69, 9.17) is 4.74 Å². The molecule has 0 fully saturated rings. The number of para-hydroxylation sites is 1. The van der Waals surface area contributed by atoms with E-state index >= 15 is 0 Å². The third-order valence-corrected chi connectivity index (χ3v) is 5.18. The normalized spacial score (nSPS) is 15.8. The van der Waals surface area contributed by atoms with Gasteiger partial charge in [-0.25, -0.2) is 0 Å². The first-order valence-electron chi connectivity index (χ1n) is 9.96. The maximum absolute atomic E-state index is 12.9. The molecule has 0 saturated carbocycles. The molecule has 0 radical (unpaired) electrons. The molecule has 1 atom stereocenters. The monoisotopic (exact) mass is 412 g/mol. The number of rotatable bonds is 7. The van der Waals surface area contributed by atoms with E-state index in [0.717, 1.165) is 40.8 Å². The quantitative estimate of drug-likeness (QED) is 0.569. The summed E-state index contributed by atoms with van der Waals surface area (Å²) in [6.45, 7) is 1.41. The number of hydrogen-bond acceptors (Lipinski definition) is 2. The molecule has 0 saturated heterocycles. The minimum atomic E-state index is -4.19. The van der Waals surface area contributed by atoms with Crippen LogP contribution in [0, 0.1) is 5.92 Å². The fourth-order valence-corrected chi connectivity index (χ4v) is 3.62. The molecule has 0 amide bonds. The van der Waals surface area contributed by atoms with E-state index in [1.54, 1.807) is 6.08 Å². The lowest BCUT2D eigenvalue weighted by atomic mass is 9.98. The highest BCUT2D eigenvalue weighted by molar-refractivity contribution is 5.42. The van der Waals surface area contributed by atoms with Gasteiger partial charge in [-0.15, -0.1) is 0 Å². The van der Waals surface area contributed by atoms with Crippen LogP contribution in [-0.2, 0) is 13.0 Å². The van der Waals surface area contributed by atoms with Crippen LogP contribution < -0.4 is 20.6 Å². The number of aromatic amines is 1. The molecular weight excluding hydrogens is 389 g/mol. The lowest BCUT2D eigenvalue weighted by molar-refractivity contribution is -0.155. The number of nitrogens with one attached hydrogen (secondary N) is 2. The van der Waals surface area contributed by atoms with Crippen LogP contribution in [0.1, 0.15) is 17.5 Å². The van der Waals surface area contributed by atoms with Gasteiger partial charge in [-0.05, 0) is 66.1 Å². The molecule has 3 nitrogen and oxygen atoms in total. The van der Waals surface area contributed by atoms with Crippen molar-refractivity contribution in [3.63, 3.8) is 0 Å². The van der Waals surface area contributed by atoms with Crippen molar-refractivity contribution in [2.75, 3.05) is 6.54 Å². The van der Waals surface area contributed by atoms with Crippen LogP contribution in [0.2, 0.25) is 0 Å². The van der Waals surface area contributed by atoms with Crippen molar-refractivity contribution < 1.29 is 17.9 Å². The third kappa shape index (κ3) is 4.94. The molecule has 4 rings (SSSR count). The van der Waals surface area contributed by atoms with Crippen LogP contribution in [-0.4, -0.2) is 17.7 Å². The van der Waals surface area contributed by atoms with Crippen LogP contribution in [0.25, 0.3) is 12.2 Å². The Labute approximate surface area is 172 Å². The Morgan fingerprint density at radius 3 is 2.63 bits per heavy atom. The Morgan fingerprint density at radius 1 is 1.03 bits per heavy atom. The third-order valence-electron chi connectivity index (χ3n) is 5.18. The second-order valence-corrected chi connectivity index (χ2v) is 7.39. The van der Waals surface area contributed by atoms with Crippen LogP contribution in [0.4, 0.5) is 13.2 Å². The molecule has 156 valence electrons. The zero-order chi connectivity index (χ0) is 21.0. The standard InChI is InChI=1S/C24H23F3N2O/c25-24(26,27)19-9-10-22-18(16-29-23(22)14-19)11-12-28-15-17-5-4-8-21(13-17)30-20-6-2-1-3-7-20/h1-8,10,13-14,16,19,28-29H,9,11-12,15H2. The molecule has 0 bridgehead atoms. The largest absolute Gasteiger partial charge is 0.457 e. The highest BCUT2D eigenvalue weighted by atomic mass is 19.4. The summed E-state index contributed by atoms with van der Waals surface area (Å²) >= 11 is 0. The molecule has 0 spiro atoms. The fraction of sp³-hybridized carbons (Fsp3) is 0.250.